The zero-order chi connectivity index (χ0) is 14.0. The Morgan fingerprint density at radius 3 is 2.84 bits per heavy atom. The summed E-state index contributed by atoms with van der Waals surface area (Å²) in [5.74, 6) is 0.0979. The molecule has 1 saturated heterocycles. The number of halogens is 1. The van der Waals surface area contributed by atoms with Crippen molar-refractivity contribution in [3.63, 3.8) is 0 Å². The SMILES string of the molecule is CC1CS(=O)(=O)CCN1Cc1ccc(F)c(CN)c1. The Morgan fingerprint density at radius 1 is 1.47 bits per heavy atom. The van der Waals surface area contributed by atoms with E-state index in [0.29, 0.717) is 18.7 Å². The fraction of sp³-hybridized carbons (Fsp3) is 0.538. The van der Waals surface area contributed by atoms with Crippen LogP contribution in [-0.2, 0) is 22.9 Å². The molecule has 0 amide bonds. The van der Waals surface area contributed by atoms with Gasteiger partial charge in [-0.3, -0.25) is 4.90 Å². The summed E-state index contributed by atoms with van der Waals surface area (Å²) < 4.78 is 36.4. The number of hydrogen-bond acceptors (Lipinski definition) is 4. The van der Waals surface area contributed by atoms with E-state index < -0.39 is 9.84 Å². The molecule has 6 heteroatoms. The van der Waals surface area contributed by atoms with E-state index in [1.54, 1.807) is 12.1 Å². The molecular formula is C13H19FN2O2S. The summed E-state index contributed by atoms with van der Waals surface area (Å²) in [6, 6.07) is 4.89. The zero-order valence-corrected chi connectivity index (χ0v) is 11.8. The predicted octanol–water partition coefficient (Wildman–Crippen LogP) is 0.903. The molecule has 0 aliphatic carbocycles. The lowest BCUT2D eigenvalue weighted by molar-refractivity contribution is 0.218. The third kappa shape index (κ3) is 3.52. The van der Waals surface area contributed by atoms with E-state index in [4.69, 9.17) is 5.73 Å². The van der Waals surface area contributed by atoms with Gasteiger partial charge in [-0.15, -0.1) is 0 Å². The Hall–Kier alpha value is -0.980. The van der Waals surface area contributed by atoms with Gasteiger partial charge >= 0.3 is 0 Å². The van der Waals surface area contributed by atoms with Crippen molar-refractivity contribution >= 4 is 9.84 Å². The maximum Gasteiger partial charge on any atom is 0.153 e. The third-order valence-electron chi connectivity index (χ3n) is 3.52. The monoisotopic (exact) mass is 286 g/mol. The number of sulfone groups is 1. The van der Waals surface area contributed by atoms with Crippen LogP contribution in [0.2, 0.25) is 0 Å². The van der Waals surface area contributed by atoms with Crippen LogP contribution in [0.3, 0.4) is 0 Å². The maximum absolute atomic E-state index is 13.4. The van der Waals surface area contributed by atoms with E-state index >= 15 is 0 Å². The molecule has 1 aromatic carbocycles. The van der Waals surface area contributed by atoms with E-state index in [0.717, 1.165) is 5.56 Å². The van der Waals surface area contributed by atoms with Crippen LogP contribution in [0.1, 0.15) is 18.1 Å². The lowest BCUT2D eigenvalue weighted by atomic mass is 10.1. The molecule has 0 bridgehead atoms. The van der Waals surface area contributed by atoms with E-state index in [1.807, 2.05) is 6.92 Å². The van der Waals surface area contributed by atoms with E-state index in [1.165, 1.54) is 6.07 Å². The Morgan fingerprint density at radius 2 is 2.21 bits per heavy atom. The van der Waals surface area contributed by atoms with Crippen LogP contribution >= 0.6 is 0 Å². The van der Waals surface area contributed by atoms with Crippen molar-refractivity contribution in [3.8, 4) is 0 Å². The topological polar surface area (TPSA) is 63.4 Å². The van der Waals surface area contributed by atoms with Gasteiger partial charge in [0.25, 0.3) is 0 Å². The number of hydrogen-bond donors (Lipinski definition) is 1. The van der Waals surface area contributed by atoms with Crippen molar-refractivity contribution in [2.24, 2.45) is 5.73 Å². The van der Waals surface area contributed by atoms with Crippen molar-refractivity contribution in [3.05, 3.63) is 35.1 Å². The Kier molecular flexibility index (Phi) is 4.23. The van der Waals surface area contributed by atoms with Crippen LogP contribution in [0.25, 0.3) is 0 Å². The summed E-state index contributed by atoms with van der Waals surface area (Å²) in [5.41, 5.74) is 6.94. The minimum atomic E-state index is -2.90. The molecule has 1 aliphatic rings. The van der Waals surface area contributed by atoms with E-state index in [9.17, 15) is 12.8 Å². The second-order valence-electron chi connectivity index (χ2n) is 5.06. The minimum absolute atomic E-state index is 0.00914. The van der Waals surface area contributed by atoms with Gasteiger partial charge in [-0.2, -0.15) is 0 Å². The highest BCUT2D eigenvalue weighted by Gasteiger charge is 2.27. The predicted molar refractivity (Wildman–Crippen MR) is 72.8 cm³/mol. The van der Waals surface area contributed by atoms with Gasteiger partial charge in [0.2, 0.25) is 0 Å². The van der Waals surface area contributed by atoms with E-state index in [2.05, 4.69) is 4.90 Å². The van der Waals surface area contributed by atoms with Gasteiger partial charge < -0.3 is 5.73 Å². The Balaban J connectivity index is 2.09. The lowest BCUT2D eigenvalue weighted by Crippen LogP contribution is -2.46. The Labute approximate surface area is 113 Å². The molecule has 1 atom stereocenters. The van der Waals surface area contributed by atoms with Crippen molar-refractivity contribution in [1.29, 1.82) is 0 Å². The number of nitrogens with two attached hydrogens (primary N) is 1. The highest BCUT2D eigenvalue weighted by atomic mass is 32.2. The third-order valence-corrected chi connectivity index (χ3v) is 5.32. The van der Waals surface area contributed by atoms with Crippen molar-refractivity contribution < 1.29 is 12.8 Å². The van der Waals surface area contributed by atoms with Gasteiger partial charge in [-0.25, -0.2) is 12.8 Å². The van der Waals surface area contributed by atoms with Crippen LogP contribution < -0.4 is 5.73 Å². The van der Waals surface area contributed by atoms with Crippen molar-refractivity contribution in [2.45, 2.75) is 26.1 Å². The summed E-state index contributed by atoms with van der Waals surface area (Å²) in [6.45, 7) is 3.23. The second kappa shape index (κ2) is 5.56. The molecule has 1 aliphatic heterocycles. The van der Waals surface area contributed by atoms with Crippen LogP contribution in [0.15, 0.2) is 18.2 Å². The van der Waals surface area contributed by atoms with Crippen molar-refractivity contribution in [2.75, 3.05) is 18.1 Å². The highest BCUT2D eigenvalue weighted by Crippen LogP contribution is 2.17. The first-order valence-electron chi connectivity index (χ1n) is 6.33. The molecule has 19 heavy (non-hydrogen) atoms. The first-order chi connectivity index (χ1) is 8.91. The largest absolute Gasteiger partial charge is 0.326 e. The van der Waals surface area contributed by atoms with Crippen LogP contribution in [0.4, 0.5) is 4.39 Å². The molecule has 1 aromatic rings. The van der Waals surface area contributed by atoms with Gasteiger partial charge in [0, 0.05) is 31.2 Å². The minimum Gasteiger partial charge on any atom is -0.326 e. The molecule has 106 valence electrons. The molecular weight excluding hydrogens is 267 g/mol. The molecule has 2 rings (SSSR count). The smallest absolute Gasteiger partial charge is 0.153 e. The van der Waals surface area contributed by atoms with Gasteiger partial charge in [0.1, 0.15) is 5.82 Å². The molecule has 0 radical (unpaired) electrons. The summed E-state index contributed by atoms with van der Waals surface area (Å²) >= 11 is 0. The fourth-order valence-corrected chi connectivity index (χ4v) is 4.01. The molecule has 0 aromatic heterocycles. The Bertz CT molecular complexity index is 560. The molecule has 4 nitrogen and oxygen atoms in total. The zero-order valence-electron chi connectivity index (χ0n) is 11.0. The molecule has 0 spiro atoms. The summed E-state index contributed by atoms with van der Waals surface area (Å²) in [7, 11) is -2.90. The molecule has 1 fully saturated rings. The summed E-state index contributed by atoms with van der Waals surface area (Å²) in [4.78, 5) is 2.11. The highest BCUT2D eigenvalue weighted by molar-refractivity contribution is 7.91. The quantitative estimate of drug-likeness (QED) is 0.897. The van der Waals surface area contributed by atoms with Gasteiger partial charge in [-0.1, -0.05) is 12.1 Å². The number of benzene rings is 1. The molecule has 1 unspecified atom stereocenters. The standard InChI is InChI=1S/C13H19FN2O2S/c1-10-9-19(17,18)5-4-16(10)8-11-2-3-13(14)12(6-11)7-15/h2-3,6,10H,4-5,7-9,15H2,1H3. The average Bonchev–Trinajstić information content (AvgIpc) is 2.34. The lowest BCUT2D eigenvalue weighted by Gasteiger charge is -2.33. The molecule has 1 heterocycles. The van der Waals surface area contributed by atoms with Crippen molar-refractivity contribution in [1.82, 2.24) is 4.90 Å². The summed E-state index contributed by atoms with van der Waals surface area (Å²) in [5, 5.41) is 0. The van der Waals surface area contributed by atoms with Crippen LogP contribution in [0, 0.1) is 5.82 Å². The van der Waals surface area contributed by atoms with Gasteiger partial charge in [-0.05, 0) is 18.6 Å². The fourth-order valence-electron chi connectivity index (χ4n) is 2.39. The molecule has 2 N–H and O–H groups in total. The van der Waals surface area contributed by atoms with E-state index in [-0.39, 0.29) is 29.9 Å². The number of rotatable bonds is 3. The molecule has 0 saturated carbocycles. The first kappa shape index (κ1) is 14.4. The van der Waals surface area contributed by atoms with Crippen LogP contribution in [-0.4, -0.2) is 37.4 Å². The normalized spacial score (nSPS) is 23.4. The van der Waals surface area contributed by atoms with Crippen LogP contribution in [0.5, 0.6) is 0 Å². The van der Waals surface area contributed by atoms with Gasteiger partial charge in [0.05, 0.1) is 11.5 Å². The average molecular weight is 286 g/mol. The summed E-state index contributed by atoms with van der Waals surface area (Å²) in [6.07, 6.45) is 0. The van der Waals surface area contributed by atoms with Gasteiger partial charge in [0.15, 0.2) is 9.84 Å². The maximum atomic E-state index is 13.4. The first-order valence-corrected chi connectivity index (χ1v) is 8.15. The number of nitrogens with zero attached hydrogens (tertiary/aromatic N) is 1. The second-order valence-corrected chi connectivity index (χ2v) is 7.29.